The number of hydrogen-bond donors (Lipinski definition) is 1. The fourth-order valence-corrected chi connectivity index (χ4v) is 3.24. The van der Waals surface area contributed by atoms with Crippen LogP contribution in [0.4, 0.5) is 5.69 Å². The maximum absolute atomic E-state index is 12.2. The van der Waals surface area contributed by atoms with Gasteiger partial charge in [0.25, 0.3) is 0 Å². The first-order chi connectivity index (χ1) is 11.1. The Balaban J connectivity index is 1.73. The zero-order valence-corrected chi connectivity index (χ0v) is 14.1. The average Bonchev–Trinajstić information content (AvgIpc) is 3.17. The van der Waals surface area contributed by atoms with E-state index in [9.17, 15) is 4.79 Å². The number of aryl methyl sites for hydroxylation is 2. The molecule has 2 heterocycles. The number of carbonyl (C=O) groups excluding carboxylic acids is 1. The van der Waals surface area contributed by atoms with Crippen LogP contribution in [0.3, 0.4) is 0 Å². The van der Waals surface area contributed by atoms with Crippen LogP contribution < -0.4 is 5.32 Å². The van der Waals surface area contributed by atoms with E-state index in [0.29, 0.717) is 6.42 Å². The van der Waals surface area contributed by atoms with Gasteiger partial charge < -0.3 is 5.32 Å². The van der Waals surface area contributed by atoms with Crippen molar-refractivity contribution in [3.63, 3.8) is 0 Å². The van der Waals surface area contributed by atoms with Gasteiger partial charge in [-0.05, 0) is 54.8 Å². The summed E-state index contributed by atoms with van der Waals surface area (Å²) < 4.78 is 1.86. The molecule has 0 aliphatic carbocycles. The number of benzene rings is 1. The third kappa shape index (κ3) is 3.51. The number of para-hydroxylation sites is 1. The Kier molecular flexibility index (Phi) is 4.57. The minimum absolute atomic E-state index is 0.0232. The fourth-order valence-electron chi connectivity index (χ4n) is 2.54. The number of anilines is 1. The van der Waals surface area contributed by atoms with Crippen molar-refractivity contribution in [3.8, 4) is 5.69 Å². The van der Waals surface area contributed by atoms with Crippen molar-refractivity contribution in [1.82, 2.24) is 9.78 Å². The van der Waals surface area contributed by atoms with E-state index in [-0.39, 0.29) is 5.91 Å². The van der Waals surface area contributed by atoms with Gasteiger partial charge in [-0.15, -0.1) is 0 Å². The molecule has 0 fully saturated rings. The lowest BCUT2D eigenvalue weighted by atomic mass is 10.2. The van der Waals surface area contributed by atoms with Crippen molar-refractivity contribution < 1.29 is 4.79 Å². The summed E-state index contributed by atoms with van der Waals surface area (Å²) in [5, 5.41) is 11.7. The van der Waals surface area contributed by atoms with E-state index in [0.717, 1.165) is 29.2 Å². The summed E-state index contributed by atoms with van der Waals surface area (Å²) in [7, 11) is 0. The van der Waals surface area contributed by atoms with Gasteiger partial charge in [0.2, 0.25) is 5.91 Å². The van der Waals surface area contributed by atoms with Crippen LogP contribution in [-0.4, -0.2) is 15.7 Å². The van der Waals surface area contributed by atoms with Crippen molar-refractivity contribution in [1.29, 1.82) is 0 Å². The molecule has 1 amide bonds. The Morgan fingerprint density at radius 2 is 2.00 bits per heavy atom. The molecular weight excluding hydrogens is 306 g/mol. The Morgan fingerprint density at radius 1 is 1.22 bits per heavy atom. The van der Waals surface area contributed by atoms with E-state index in [1.165, 1.54) is 5.56 Å². The number of aromatic nitrogens is 2. The number of carbonyl (C=O) groups is 1. The second-order valence-electron chi connectivity index (χ2n) is 5.47. The maximum atomic E-state index is 12.2. The van der Waals surface area contributed by atoms with Gasteiger partial charge in [0.05, 0.1) is 22.8 Å². The number of thiophene rings is 1. The van der Waals surface area contributed by atoms with Crippen LogP contribution in [0.2, 0.25) is 0 Å². The fraction of sp³-hybridized carbons (Fsp3) is 0.222. The Hall–Kier alpha value is -2.40. The molecule has 5 heteroatoms. The van der Waals surface area contributed by atoms with Crippen molar-refractivity contribution in [2.24, 2.45) is 0 Å². The highest BCUT2D eigenvalue weighted by atomic mass is 32.1. The van der Waals surface area contributed by atoms with E-state index < -0.39 is 0 Å². The van der Waals surface area contributed by atoms with Gasteiger partial charge in [0.1, 0.15) is 0 Å². The van der Waals surface area contributed by atoms with Crippen molar-refractivity contribution in [2.75, 3.05) is 5.32 Å². The molecule has 0 unspecified atom stereocenters. The highest BCUT2D eigenvalue weighted by molar-refractivity contribution is 7.07. The summed E-state index contributed by atoms with van der Waals surface area (Å²) in [5.41, 5.74) is 4.78. The molecule has 3 aromatic rings. The van der Waals surface area contributed by atoms with Crippen LogP contribution in [0.5, 0.6) is 0 Å². The standard InChI is InChI=1S/C18H19N3OS/c1-13-18(19-17(22)9-8-15-10-11-23-12-15)14(2)21(20-13)16-6-4-3-5-7-16/h3-7,10-12H,8-9H2,1-2H3,(H,19,22). The van der Waals surface area contributed by atoms with Crippen LogP contribution in [0, 0.1) is 13.8 Å². The molecule has 0 spiro atoms. The van der Waals surface area contributed by atoms with Crippen molar-refractivity contribution >= 4 is 22.9 Å². The highest BCUT2D eigenvalue weighted by Crippen LogP contribution is 2.23. The van der Waals surface area contributed by atoms with Gasteiger partial charge in [-0.25, -0.2) is 4.68 Å². The van der Waals surface area contributed by atoms with Crippen LogP contribution in [0.15, 0.2) is 47.2 Å². The SMILES string of the molecule is Cc1nn(-c2ccccc2)c(C)c1NC(=O)CCc1ccsc1. The van der Waals surface area contributed by atoms with Gasteiger partial charge in [-0.3, -0.25) is 4.79 Å². The predicted octanol–water partition coefficient (Wildman–Crippen LogP) is 4.12. The number of nitrogens with one attached hydrogen (secondary N) is 1. The molecule has 3 rings (SSSR count). The van der Waals surface area contributed by atoms with E-state index in [1.54, 1.807) is 11.3 Å². The number of hydrogen-bond acceptors (Lipinski definition) is 3. The van der Waals surface area contributed by atoms with Gasteiger partial charge in [0, 0.05) is 6.42 Å². The molecule has 0 bridgehead atoms. The monoisotopic (exact) mass is 325 g/mol. The normalized spacial score (nSPS) is 10.7. The minimum Gasteiger partial charge on any atom is -0.323 e. The average molecular weight is 325 g/mol. The number of rotatable bonds is 5. The summed E-state index contributed by atoms with van der Waals surface area (Å²) in [4.78, 5) is 12.2. The molecule has 4 nitrogen and oxygen atoms in total. The quantitative estimate of drug-likeness (QED) is 0.767. The minimum atomic E-state index is 0.0232. The third-order valence-electron chi connectivity index (χ3n) is 3.78. The molecule has 0 saturated heterocycles. The number of nitrogens with zero attached hydrogens (tertiary/aromatic N) is 2. The lowest BCUT2D eigenvalue weighted by Gasteiger charge is -2.07. The first kappa shape index (κ1) is 15.5. The predicted molar refractivity (Wildman–Crippen MR) is 94.3 cm³/mol. The Bertz CT molecular complexity index is 791. The Morgan fingerprint density at radius 3 is 2.70 bits per heavy atom. The van der Waals surface area contributed by atoms with Gasteiger partial charge in [-0.1, -0.05) is 18.2 Å². The molecule has 0 aliphatic rings. The lowest BCUT2D eigenvalue weighted by molar-refractivity contribution is -0.116. The molecule has 2 aromatic heterocycles. The van der Waals surface area contributed by atoms with Crippen LogP contribution in [0.25, 0.3) is 5.69 Å². The largest absolute Gasteiger partial charge is 0.323 e. The summed E-state index contributed by atoms with van der Waals surface area (Å²) in [6, 6.07) is 12.0. The van der Waals surface area contributed by atoms with Crippen molar-refractivity contribution in [2.45, 2.75) is 26.7 Å². The summed E-state index contributed by atoms with van der Waals surface area (Å²) in [6.07, 6.45) is 1.24. The zero-order valence-electron chi connectivity index (χ0n) is 13.2. The highest BCUT2D eigenvalue weighted by Gasteiger charge is 2.15. The molecule has 0 radical (unpaired) electrons. The molecule has 0 aliphatic heterocycles. The second kappa shape index (κ2) is 6.79. The van der Waals surface area contributed by atoms with E-state index >= 15 is 0 Å². The van der Waals surface area contributed by atoms with Gasteiger partial charge in [-0.2, -0.15) is 16.4 Å². The molecule has 0 atom stereocenters. The first-order valence-corrected chi connectivity index (χ1v) is 8.52. The summed E-state index contributed by atoms with van der Waals surface area (Å²) in [5.74, 6) is 0.0232. The topological polar surface area (TPSA) is 46.9 Å². The smallest absolute Gasteiger partial charge is 0.224 e. The van der Waals surface area contributed by atoms with Crippen LogP contribution in [0.1, 0.15) is 23.4 Å². The molecule has 1 aromatic carbocycles. The molecule has 0 saturated carbocycles. The molecule has 23 heavy (non-hydrogen) atoms. The van der Waals surface area contributed by atoms with Gasteiger partial charge >= 0.3 is 0 Å². The number of amides is 1. The second-order valence-corrected chi connectivity index (χ2v) is 6.25. The lowest BCUT2D eigenvalue weighted by Crippen LogP contribution is -2.13. The third-order valence-corrected chi connectivity index (χ3v) is 4.51. The first-order valence-electron chi connectivity index (χ1n) is 7.57. The zero-order chi connectivity index (χ0) is 16.2. The van der Waals surface area contributed by atoms with Crippen LogP contribution in [-0.2, 0) is 11.2 Å². The summed E-state index contributed by atoms with van der Waals surface area (Å²) >= 11 is 1.66. The molecule has 1 N–H and O–H groups in total. The van der Waals surface area contributed by atoms with E-state index in [4.69, 9.17) is 0 Å². The Labute approximate surface area is 139 Å². The summed E-state index contributed by atoms with van der Waals surface area (Å²) in [6.45, 7) is 3.89. The molecular formula is C18H19N3OS. The maximum Gasteiger partial charge on any atom is 0.224 e. The molecule has 118 valence electrons. The van der Waals surface area contributed by atoms with Crippen molar-refractivity contribution in [3.05, 3.63) is 64.1 Å². The van der Waals surface area contributed by atoms with E-state index in [2.05, 4.69) is 21.9 Å². The van der Waals surface area contributed by atoms with Crippen LogP contribution >= 0.6 is 11.3 Å². The van der Waals surface area contributed by atoms with Gasteiger partial charge in [0.15, 0.2) is 0 Å². The van der Waals surface area contributed by atoms with E-state index in [1.807, 2.05) is 54.2 Å².